The Hall–Kier alpha value is -2.78. The number of carboxylic acid groups (broad SMARTS) is 1. The first kappa shape index (κ1) is 26.5. The third kappa shape index (κ3) is 8.58. The van der Waals surface area contributed by atoms with E-state index in [1.807, 2.05) is 20.8 Å². The summed E-state index contributed by atoms with van der Waals surface area (Å²) < 4.78 is 23.4. The van der Waals surface area contributed by atoms with Gasteiger partial charge in [0.2, 0.25) is 0 Å². The summed E-state index contributed by atoms with van der Waals surface area (Å²) in [6, 6.07) is 14.5. The van der Waals surface area contributed by atoms with Gasteiger partial charge in [-0.2, -0.15) is 0 Å². The highest BCUT2D eigenvalue weighted by atomic mass is 28.4. The smallest absolute Gasteiger partial charge is 0.494 e. The Bertz CT molecular complexity index is 890. The van der Waals surface area contributed by atoms with Gasteiger partial charge in [0.1, 0.15) is 5.75 Å². The summed E-state index contributed by atoms with van der Waals surface area (Å²) in [5.74, 6) is -0.454. The molecule has 2 aromatic carbocycles. The number of ether oxygens (including phenoxy) is 1. The molecule has 0 aromatic heterocycles. The van der Waals surface area contributed by atoms with Crippen LogP contribution in [0.15, 0.2) is 54.6 Å². The summed E-state index contributed by atoms with van der Waals surface area (Å²) in [7, 11) is -2.67. The summed E-state index contributed by atoms with van der Waals surface area (Å²) >= 11 is 0. The second-order valence-corrected chi connectivity index (χ2v) is 9.81. The van der Waals surface area contributed by atoms with Crippen LogP contribution in [-0.4, -0.2) is 52.1 Å². The third-order valence-corrected chi connectivity index (χ3v) is 7.85. The Morgan fingerprint density at radius 3 is 1.85 bits per heavy atom. The monoisotopic (exact) mass is 472 g/mol. The zero-order valence-corrected chi connectivity index (χ0v) is 20.4. The minimum Gasteiger partial charge on any atom is -0.494 e. The van der Waals surface area contributed by atoms with Crippen molar-refractivity contribution in [2.24, 2.45) is 0 Å². The van der Waals surface area contributed by atoms with Crippen LogP contribution in [0.25, 0.3) is 6.08 Å². The normalized spacial score (nSPS) is 11.6. The van der Waals surface area contributed by atoms with Gasteiger partial charge in [-0.3, -0.25) is 4.79 Å². The van der Waals surface area contributed by atoms with E-state index >= 15 is 0 Å². The molecule has 0 atom stereocenters. The first-order valence-electron chi connectivity index (χ1n) is 11.1. The summed E-state index contributed by atoms with van der Waals surface area (Å²) in [4.78, 5) is 23.3. The summed E-state index contributed by atoms with van der Waals surface area (Å²) in [6.45, 7) is 7.93. The van der Waals surface area contributed by atoms with Gasteiger partial charge < -0.3 is 23.1 Å². The zero-order chi connectivity index (χ0) is 24.1. The minimum absolute atomic E-state index is 0.115. The Labute approximate surface area is 196 Å². The molecular weight excluding hydrogens is 440 g/mol. The SMILES string of the molecule is CCO[Si](CCCOc1ccc(C(=O)c2ccc(/C=C/C(=O)O)cc2)cc1)(OCC)OCC. The van der Waals surface area contributed by atoms with E-state index in [2.05, 4.69) is 0 Å². The molecule has 0 amide bonds. The molecule has 0 fully saturated rings. The van der Waals surface area contributed by atoms with E-state index in [1.54, 1.807) is 48.5 Å². The highest BCUT2D eigenvalue weighted by Gasteiger charge is 2.39. The molecule has 178 valence electrons. The lowest BCUT2D eigenvalue weighted by Crippen LogP contribution is -2.46. The predicted molar refractivity (Wildman–Crippen MR) is 129 cm³/mol. The van der Waals surface area contributed by atoms with Crippen molar-refractivity contribution in [1.82, 2.24) is 0 Å². The molecule has 0 aliphatic heterocycles. The van der Waals surface area contributed by atoms with E-state index in [0.717, 1.165) is 12.5 Å². The maximum atomic E-state index is 12.7. The molecular formula is C25H32O7Si. The number of aliphatic carboxylic acids is 1. The van der Waals surface area contributed by atoms with Crippen molar-refractivity contribution in [2.45, 2.75) is 33.2 Å². The average Bonchev–Trinajstić information content (AvgIpc) is 2.81. The topological polar surface area (TPSA) is 91.3 Å². The fourth-order valence-corrected chi connectivity index (χ4v) is 5.84. The highest BCUT2D eigenvalue weighted by Crippen LogP contribution is 2.20. The van der Waals surface area contributed by atoms with Gasteiger partial charge in [0.15, 0.2) is 5.78 Å². The molecule has 0 bridgehead atoms. The molecule has 1 N–H and O–H groups in total. The van der Waals surface area contributed by atoms with Gasteiger partial charge in [-0.15, -0.1) is 0 Å². The predicted octanol–water partition coefficient (Wildman–Crippen LogP) is 4.83. The summed E-state index contributed by atoms with van der Waals surface area (Å²) in [6.07, 6.45) is 3.27. The number of carbonyl (C=O) groups is 2. The van der Waals surface area contributed by atoms with Gasteiger partial charge in [-0.05, 0) is 63.1 Å². The van der Waals surface area contributed by atoms with Gasteiger partial charge in [-0.25, -0.2) is 4.79 Å². The molecule has 0 saturated heterocycles. The molecule has 2 aromatic rings. The number of benzene rings is 2. The molecule has 0 unspecified atom stereocenters. The van der Waals surface area contributed by atoms with Gasteiger partial charge in [-0.1, -0.05) is 24.3 Å². The van der Waals surface area contributed by atoms with Crippen molar-refractivity contribution < 1.29 is 32.7 Å². The number of carbonyl (C=O) groups excluding carboxylic acids is 1. The van der Waals surface area contributed by atoms with Gasteiger partial charge in [0.05, 0.1) is 6.61 Å². The zero-order valence-electron chi connectivity index (χ0n) is 19.4. The van der Waals surface area contributed by atoms with Crippen LogP contribution in [0.4, 0.5) is 0 Å². The van der Waals surface area contributed by atoms with Crippen molar-refractivity contribution in [3.05, 3.63) is 71.3 Å². The van der Waals surface area contributed by atoms with Crippen LogP contribution in [0.1, 0.15) is 48.7 Å². The van der Waals surface area contributed by atoms with Crippen LogP contribution >= 0.6 is 0 Å². The van der Waals surface area contributed by atoms with Crippen molar-refractivity contribution in [1.29, 1.82) is 0 Å². The van der Waals surface area contributed by atoms with Crippen molar-refractivity contribution in [2.75, 3.05) is 26.4 Å². The highest BCUT2D eigenvalue weighted by molar-refractivity contribution is 6.60. The quantitative estimate of drug-likeness (QED) is 0.172. The Kier molecular flexibility index (Phi) is 11.0. The molecule has 0 aliphatic rings. The fourth-order valence-electron chi connectivity index (χ4n) is 3.26. The lowest BCUT2D eigenvalue weighted by Gasteiger charge is -2.28. The first-order chi connectivity index (χ1) is 15.9. The van der Waals surface area contributed by atoms with Crippen molar-refractivity contribution in [3.8, 4) is 5.75 Å². The van der Waals surface area contributed by atoms with E-state index in [0.29, 0.717) is 54.9 Å². The maximum Gasteiger partial charge on any atom is 0.501 e. The standard InChI is InChI=1S/C25H32O7Si/c1-4-30-33(31-5-2,32-6-3)19-7-18-29-23-15-13-22(14-16-23)25(28)21-11-8-20(9-12-21)10-17-24(26)27/h8-17H,4-7,18-19H2,1-3H3,(H,26,27)/b17-10+. The van der Waals surface area contributed by atoms with E-state index in [9.17, 15) is 9.59 Å². The molecule has 33 heavy (non-hydrogen) atoms. The number of hydrogen-bond donors (Lipinski definition) is 1. The second-order valence-electron chi connectivity index (χ2n) is 7.08. The van der Waals surface area contributed by atoms with Crippen molar-refractivity contribution in [3.63, 3.8) is 0 Å². The van der Waals surface area contributed by atoms with Gasteiger partial charge in [0.25, 0.3) is 0 Å². The maximum absolute atomic E-state index is 12.7. The van der Waals surface area contributed by atoms with E-state index < -0.39 is 14.8 Å². The average molecular weight is 473 g/mol. The van der Waals surface area contributed by atoms with E-state index in [1.165, 1.54) is 6.08 Å². The second kappa shape index (κ2) is 13.7. The number of rotatable bonds is 15. The molecule has 0 radical (unpaired) electrons. The Morgan fingerprint density at radius 1 is 0.848 bits per heavy atom. The van der Waals surface area contributed by atoms with Crippen molar-refractivity contribution >= 4 is 26.6 Å². The molecule has 0 saturated carbocycles. The van der Waals surface area contributed by atoms with Gasteiger partial charge in [0, 0.05) is 43.1 Å². The Balaban J connectivity index is 1.90. The molecule has 7 nitrogen and oxygen atoms in total. The van der Waals surface area contributed by atoms with E-state index in [-0.39, 0.29) is 5.78 Å². The molecule has 8 heteroatoms. The largest absolute Gasteiger partial charge is 0.501 e. The lowest BCUT2D eigenvalue weighted by atomic mass is 10.0. The van der Waals surface area contributed by atoms with Crippen LogP contribution in [0.3, 0.4) is 0 Å². The first-order valence-corrected chi connectivity index (χ1v) is 13.1. The summed E-state index contributed by atoms with van der Waals surface area (Å²) in [5, 5.41) is 8.69. The molecule has 2 rings (SSSR count). The fraction of sp³-hybridized carbons (Fsp3) is 0.360. The molecule has 0 aliphatic carbocycles. The van der Waals surface area contributed by atoms with E-state index in [4.69, 9.17) is 23.1 Å². The molecule has 0 heterocycles. The van der Waals surface area contributed by atoms with Crippen LogP contribution < -0.4 is 4.74 Å². The summed E-state index contributed by atoms with van der Waals surface area (Å²) in [5.41, 5.74) is 1.79. The van der Waals surface area contributed by atoms with Crippen LogP contribution in [-0.2, 0) is 18.1 Å². The van der Waals surface area contributed by atoms with Crippen LogP contribution in [0.2, 0.25) is 6.04 Å². The van der Waals surface area contributed by atoms with Gasteiger partial charge >= 0.3 is 14.8 Å². The minimum atomic E-state index is -2.67. The molecule has 0 spiro atoms. The third-order valence-electron chi connectivity index (χ3n) is 4.70. The van der Waals surface area contributed by atoms with Crippen LogP contribution in [0, 0.1) is 0 Å². The van der Waals surface area contributed by atoms with Crippen LogP contribution in [0.5, 0.6) is 5.75 Å². The number of ketones is 1. The lowest BCUT2D eigenvalue weighted by molar-refractivity contribution is -0.131. The number of carboxylic acids is 1. The number of hydrogen-bond acceptors (Lipinski definition) is 6. The Morgan fingerprint density at radius 2 is 1.36 bits per heavy atom.